The Labute approximate surface area is 133 Å². The highest BCUT2D eigenvalue weighted by atomic mass is 32.2. The third-order valence-electron chi connectivity index (χ3n) is 5.04. The lowest BCUT2D eigenvalue weighted by Crippen LogP contribution is -2.54. The Hall–Kier alpha value is -0.510. The van der Waals surface area contributed by atoms with Gasteiger partial charge in [-0.2, -0.15) is 11.8 Å². The lowest BCUT2D eigenvalue weighted by Gasteiger charge is -2.46. The molecule has 1 aromatic carbocycles. The van der Waals surface area contributed by atoms with E-state index >= 15 is 0 Å². The molecule has 0 saturated carbocycles. The van der Waals surface area contributed by atoms with Gasteiger partial charge in [0.05, 0.1) is 0 Å². The number of thioether (sulfide) groups is 1. The number of piperazine rings is 1. The van der Waals surface area contributed by atoms with Crippen LogP contribution in [0.5, 0.6) is 0 Å². The van der Waals surface area contributed by atoms with Gasteiger partial charge in [-0.15, -0.1) is 0 Å². The maximum atomic E-state index is 2.78. The van der Waals surface area contributed by atoms with E-state index in [9.17, 15) is 0 Å². The fourth-order valence-electron chi connectivity index (χ4n) is 3.88. The largest absolute Gasteiger partial charge is 0.297 e. The Bertz CT molecular complexity index is 436. The van der Waals surface area contributed by atoms with Gasteiger partial charge in [0.2, 0.25) is 0 Å². The van der Waals surface area contributed by atoms with Crippen LogP contribution in [0, 0.1) is 0 Å². The number of benzene rings is 1. The van der Waals surface area contributed by atoms with Crippen LogP contribution in [0.1, 0.15) is 38.3 Å². The van der Waals surface area contributed by atoms with Crippen LogP contribution in [0.2, 0.25) is 0 Å². The average molecular weight is 305 g/mol. The highest BCUT2D eigenvalue weighted by Crippen LogP contribution is 2.34. The van der Waals surface area contributed by atoms with E-state index in [-0.39, 0.29) is 0 Å². The SMILES string of the molecule is CCSCC(C)N1CC2CCCN2CC1c1ccccc1. The third kappa shape index (κ3) is 3.46. The molecular formula is C18H28N2S. The Morgan fingerprint density at radius 1 is 1.24 bits per heavy atom. The second kappa shape index (κ2) is 7.17. The van der Waals surface area contributed by atoms with Gasteiger partial charge in [0.1, 0.15) is 0 Å². The van der Waals surface area contributed by atoms with Crippen molar-refractivity contribution in [3.63, 3.8) is 0 Å². The molecule has 2 aliphatic rings. The van der Waals surface area contributed by atoms with E-state index in [0.717, 1.165) is 6.04 Å². The normalized spacial score (nSPS) is 28.5. The van der Waals surface area contributed by atoms with Crippen LogP contribution in [-0.4, -0.2) is 53.0 Å². The molecule has 2 aliphatic heterocycles. The van der Waals surface area contributed by atoms with E-state index in [2.05, 4.69) is 65.7 Å². The molecule has 0 spiro atoms. The van der Waals surface area contributed by atoms with Crippen LogP contribution in [0.25, 0.3) is 0 Å². The predicted molar refractivity (Wildman–Crippen MR) is 92.9 cm³/mol. The van der Waals surface area contributed by atoms with Crippen molar-refractivity contribution in [2.45, 2.75) is 44.8 Å². The quantitative estimate of drug-likeness (QED) is 0.820. The Kier molecular flexibility index (Phi) is 5.25. The molecule has 2 fully saturated rings. The van der Waals surface area contributed by atoms with Gasteiger partial charge in [0.25, 0.3) is 0 Å². The molecule has 3 unspecified atom stereocenters. The Balaban J connectivity index is 1.78. The van der Waals surface area contributed by atoms with Crippen molar-refractivity contribution in [2.24, 2.45) is 0 Å². The maximum Gasteiger partial charge on any atom is 0.0479 e. The van der Waals surface area contributed by atoms with Crippen molar-refractivity contribution in [2.75, 3.05) is 31.1 Å². The summed E-state index contributed by atoms with van der Waals surface area (Å²) in [5.41, 5.74) is 1.50. The molecule has 0 aromatic heterocycles. The highest BCUT2D eigenvalue weighted by Gasteiger charge is 2.38. The summed E-state index contributed by atoms with van der Waals surface area (Å²) in [5, 5.41) is 0. The summed E-state index contributed by atoms with van der Waals surface area (Å²) in [6.07, 6.45) is 2.78. The molecule has 0 bridgehead atoms. The van der Waals surface area contributed by atoms with E-state index < -0.39 is 0 Å². The first-order chi connectivity index (χ1) is 10.3. The van der Waals surface area contributed by atoms with Crippen LogP contribution >= 0.6 is 11.8 Å². The summed E-state index contributed by atoms with van der Waals surface area (Å²) in [4.78, 5) is 5.51. The van der Waals surface area contributed by atoms with Gasteiger partial charge in [-0.1, -0.05) is 37.3 Å². The molecule has 3 rings (SSSR count). The molecule has 2 nitrogen and oxygen atoms in total. The molecule has 0 aliphatic carbocycles. The second-order valence-corrected chi connectivity index (χ2v) is 7.74. The second-order valence-electron chi connectivity index (χ2n) is 6.42. The zero-order valence-electron chi connectivity index (χ0n) is 13.4. The molecule has 0 radical (unpaired) electrons. The number of hydrogen-bond acceptors (Lipinski definition) is 3. The van der Waals surface area contributed by atoms with Gasteiger partial charge in [-0.3, -0.25) is 9.80 Å². The van der Waals surface area contributed by atoms with Crippen LogP contribution in [-0.2, 0) is 0 Å². The van der Waals surface area contributed by atoms with Gasteiger partial charge in [-0.25, -0.2) is 0 Å². The smallest absolute Gasteiger partial charge is 0.0479 e. The molecule has 0 amide bonds. The topological polar surface area (TPSA) is 6.48 Å². The first kappa shape index (κ1) is 15.4. The van der Waals surface area contributed by atoms with Gasteiger partial charge in [0, 0.05) is 37.0 Å². The third-order valence-corrected chi connectivity index (χ3v) is 6.17. The zero-order valence-corrected chi connectivity index (χ0v) is 14.2. The van der Waals surface area contributed by atoms with Crippen molar-refractivity contribution in [3.8, 4) is 0 Å². The van der Waals surface area contributed by atoms with Crippen molar-refractivity contribution in [3.05, 3.63) is 35.9 Å². The van der Waals surface area contributed by atoms with Gasteiger partial charge in [-0.05, 0) is 37.6 Å². The Morgan fingerprint density at radius 3 is 2.81 bits per heavy atom. The molecule has 1 aromatic rings. The van der Waals surface area contributed by atoms with E-state index in [4.69, 9.17) is 0 Å². The fourth-order valence-corrected chi connectivity index (χ4v) is 4.65. The first-order valence-corrected chi connectivity index (χ1v) is 9.57. The lowest BCUT2D eigenvalue weighted by atomic mass is 9.98. The predicted octanol–water partition coefficient (Wildman–Crippen LogP) is 3.65. The van der Waals surface area contributed by atoms with E-state index in [1.54, 1.807) is 0 Å². The molecule has 0 N–H and O–H groups in total. The summed E-state index contributed by atoms with van der Waals surface area (Å²) in [6, 6.07) is 13.2. The molecule has 2 saturated heterocycles. The van der Waals surface area contributed by atoms with Crippen LogP contribution < -0.4 is 0 Å². The first-order valence-electron chi connectivity index (χ1n) is 8.42. The lowest BCUT2D eigenvalue weighted by molar-refractivity contribution is 0.0303. The minimum atomic E-state index is 0.577. The monoisotopic (exact) mass is 304 g/mol. The van der Waals surface area contributed by atoms with Gasteiger partial charge < -0.3 is 0 Å². The molecule has 21 heavy (non-hydrogen) atoms. The van der Waals surface area contributed by atoms with Gasteiger partial charge >= 0.3 is 0 Å². The summed E-state index contributed by atoms with van der Waals surface area (Å²) >= 11 is 2.08. The van der Waals surface area contributed by atoms with E-state index in [1.165, 1.54) is 49.5 Å². The standard InChI is InChI=1S/C18H28N2S/c1-3-21-14-15(2)20-12-17-10-7-11-19(17)13-18(20)16-8-5-4-6-9-16/h4-6,8-9,15,17-18H,3,7,10-14H2,1-2H3. The minimum absolute atomic E-state index is 0.577. The van der Waals surface area contributed by atoms with Crippen molar-refractivity contribution >= 4 is 11.8 Å². The minimum Gasteiger partial charge on any atom is -0.297 e. The average Bonchev–Trinajstić information content (AvgIpc) is 2.99. The van der Waals surface area contributed by atoms with E-state index in [0.29, 0.717) is 12.1 Å². The van der Waals surface area contributed by atoms with Crippen molar-refractivity contribution in [1.29, 1.82) is 0 Å². The van der Waals surface area contributed by atoms with Gasteiger partial charge in [0.15, 0.2) is 0 Å². The highest BCUT2D eigenvalue weighted by molar-refractivity contribution is 7.99. The maximum absolute atomic E-state index is 2.78. The number of fused-ring (bicyclic) bond motifs is 1. The number of hydrogen-bond donors (Lipinski definition) is 0. The molecule has 3 atom stereocenters. The molecule has 116 valence electrons. The summed E-state index contributed by atoms with van der Waals surface area (Å²) in [7, 11) is 0. The number of nitrogens with zero attached hydrogens (tertiary/aromatic N) is 2. The number of rotatable bonds is 5. The van der Waals surface area contributed by atoms with Crippen LogP contribution in [0.3, 0.4) is 0 Å². The van der Waals surface area contributed by atoms with Crippen molar-refractivity contribution < 1.29 is 0 Å². The Morgan fingerprint density at radius 2 is 2.05 bits per heavy atom. The van der Waals surface area contributed by atoms with Crippen molar-refractivity contribution in [1.82, 2.24) is 9.80 Å². The summed E-state index contributed by atoms with van der Waals surface area (Å²) in [5.74, 6) is 2.48. The van der Waals surface area contributed by atoms with Crippen LogP contribution in [0.15, 0.2) is 30.3 Å². The summed E-state index contributed by atoms with van der Waals surface area (Å²) < 4.78 is 0. The van der Waals surface area contributed by atoms with E-state index in [1.807, 2.05) is 0 Å². The zero-order chi connectivity index (χ0) is 14.7. The molecular weight excluding hydrogens is 276 g/mol. The molecule has 2 heterocycles. The fraction of sp³-hybridized carbons (Fsp3) is 0.667. The molecule has 3 heteroatoms. The summed E-state index contributed by atoms with van der Waals surface area (Å²) in [6.45, 7) is 8.46. The van der Waals surface area contributed by atoms with Crippen LogP contribution in [0.4, 0.5) is 0 Å².